The average molecular weight is 483 g/mol. The lowest BCUT2D eigenvalue weighted by molar-refractivity contribution is -0.384. The number of nitrogens with one attached hydrogen (secondary N) is 3. The summed E-state index contributed by atoms with van der Waals surface area (Å²) in [5, 5.41) is 14.7. The number of nitro benzene ring substituents is 1. The van der Waals surface area contributed by atoms with E-state index in [4.69, 9.17) is 16.3 Å². The Labute approximate surface area is 199 Å². The molecule has 11 heteroatoms. The molecular weight excluding hydrogens is 464 g/mol. The van der Waals surface area contributed by atoms with E-state index in [2.05, 4.69) is 16.2 Å². The Morgan fingerprint density at radius 3 is 2.35 bits per heavy atom. The first-order valence-electron chi connectivity index (χ1n) is 9.92. The van der Waals surface area contributed by atoms with Crippen molar-refractivity contribution in [3.8, 4) is 0 Å². The lowest BCUT2D eigenvalue weighted by Gasteiger charge is -2.13. The minimum absolute atomic E-state index is 0.137. The molecule has 0 saturated heterocycles. The van der Waals surface area contributed by atoms with Crippen LogP contribution in [0.5, 0.6) is 0 Å². The number of benzene rings is 3. The number of hydrogen-bond donors (Lipinski definition) is 3. The molecule has 0 aromatic heterocycles. The second kappa shape index (κ2) is 11.4. The summed E-state index contributed by atoms with van der Waals surface area (Å²) in [5.41, 5.74) is 5.20. The van der Waals surface area contributed by atoms with Crippen LogP contribution in [0.25, 0.3) is 0 Å². The number of nitrogens with zero attached hydrogens (tertiary/aromatic N) is 1. The van der Waals surface area contributed by atoms with Crippen molar-refractivity contribution in [1.29, 1.82) is 0 Å². The molecule has 0 fully saturated rings. The van der Waals surface area contributed by atoms with Gasteiger partial charge >= 0.3 is 5.97 Å². The maximum Gasteiger partial charge on any atom is 0.341 e. The first-order valence-corrected chi connectivity index (χ1v) is 10.3. The zero-order valence-electron chi connectivity index (χ0n) is 17.6. The van der Waals surface area contributed by atoms with E-state index in [0.29, 0.717) is 10.6 Å². The number of rotatable bonds is 8. The largest absolute Gasteiger partial charge is 0.452 e. The second-order valence-electron chi connectivity index (χ2n) is 6.88. The predicted molar refractivity (Wildman–Crippen MR) is 124 cm³/mol. The molecule has 0 heterocycles. The molecule has 0 unspecified atom stereocenters. The Bertz CT molecular complexity index is 1220. The molecule has 0 atom stereocenters. The second-order valence-corrected chi connectivity index (χ2v) is 7.28. The van der Waals surface area contributed by atoms with Gasteiger partial charge in [-0.3, -0.25) is 30.6 Å². The quantitative estimate of drug-likeness (QED) is 0.253. The summed E-state index contributed by atoms with van der Waals surface area (Å²) in [4.78, 5) is 47.0. The fraction of sp³-hybridized carbons (Fsp3) is 0.0870. The molecule has 3 aromatic rings. The van der Waals surface area contributed by atoms with Crippen LogP contribution in [-0.4, -0.2) is 29.3 Å². The van der Waals surface area contributed by atoms with Gasteiger partial charge in [-0.05, 0) is 29.8 Å². The van der Waals surface area contributed by atoms with Crippen LogP contribution in [0.4, 0.5) is 11.4 Å². The molecule has 3 rings (SSSR count). The molecule has 174 valence electrons. The van der Waals surface area contributed by atoms with Crippen LogP contribution in [0, 0.1) is 10.1 Å². The number of hydrazine groups is 1. The maximum atomic E-state index is 12.6. The lowest BCUT2D eigenvalue weighted by atomic mass is 10.1. The minimum atomic E-state index is -0.963. The minimum Gasteiger partial charge on any atom is -0.452 e. The Hall–Kier alpha value is -4.44. The maximum absolute atomic E-state index is 12.6. The van der Waals surface area contributed by atoms with Gasteiger partial charge in [-0.25, -0.2) is 4.79 Å². The fourth-order valence-corrected chi connectivity index (χ4v) is 3.04. The highest BCUT2D eigenvalue weighted by Gasteiger charge is 2.19. The van der Waals surface area contributed by atoms with Crippen LogP contribution < -0.4 is 16.2 Å². The summed E-state index contributed by atoms with van der Waals surface area (Å²) in [5.74, 6) is -2.31. The van der Waals surface area contributed by atoms with E-state index < -0.39 is 29.3 Å². The number of halogens is 1. The van der Waals surface area contributed by atoms with E-state index in [0.717, 1.165) is 11.6 Å². The highest BCUT2D eigenvalue weighted by atomic mass is 35.5. The topological polar surface area (TPSA) is 140 Å². The number of carbonyl (C=O) groups is 3. The standard InChI is InChI=1S/C23H19ClN4O6/c24-19-9-5-4-8-16(19)13-25-20-11-10-17(28(32)33)12-18(20)23(31)34-14-21(29)26-27-22(30)15-6-2-1-3-7-15/h1-12,25H,13-14H2,(H,26,29)(H,27,30). The van der Waals surface area contributed by atoms with Crippen LogP contribution in [0.15, 0.2) is 72.8 Å². The number of amides is 2. The number of nitro groups is 1. The van der Waals surface area contributed by atoms with Crippen LogP contribution >= 0.6 is 11.6 Å². The van der Waals surface area contributed by atoms with Gasteiger partial charge in [0.25, 0.3) is 17.5 Å². The van der Waals surface area contributed by atoms with Crippen LogP contribution in [0.1, 0.15) is 26.3 Å². The number of carbonyl (C=O) groups excluding carboxylic acids is 3. The third-order valence-corrected chi connectivity index (χ3v) is 4.92. The van der Waals surface area contributed by atoms with Crippen molar-refractivity contribution in [2.24, 2.45) is 0 Å². The third-order valence-electron chi connectivity index (χ3n) is 4.55. The number of anilines is 1. The van der Waals surface area contributed by atoms with Crippen molar-refractivity contribution in [3.05, 3.63) is 105 Å². The monoisotopic (exact) mass is 482 g/mol. The molecule has 0 aliphatic carbocycles. The van der Waals surface area contributed by atoms with Crippen molar-refractivity contribution in [2.45, 2.75) is 6.54 Å². The smallest absolute Gasteiger partial charge is 0.341 e. The highest BCUT2D eigenvalue weighted by Crippen LogP contribution is 2.25. The Kier molecular flexibility index (Phi) is 8.14. The van der Waals surface area contributed by atoms with Crippen molar-refractivity contribution in [2.75, 3.05) is 11.9 Å². The number of hydrogen-bond acceptors (Lipinski definition) is 7. The van der Waals surface area contributed by atoms with Crippen LogP contribution in [0.2, 0.25) is 5.02 Å². The van der Waals surface area contributed by atoms with E-state index >= 15 is 0 Å². The van der Waals surface area contributed by atoms with Gasteiger partial charge in [-0.2, -0.15) is 0 Å². The zero-order valence-corrected chi connectivity index (χ0v) is 18.4. The number of esters is 1. The van der Waals surface area contributed by atoms with Crippen LogP contribution in [-0.2, 0) is 16.1 Å². The molecule has 0 spiro atoms. The molecule has 34 heavy (non-hydrogen) atoms. The number of non-ortho nitro benzene ring substituents is 1. The zero-order chi connectivity index (χ0) is 24.5. The number of ether oxygens (including phenoxy) is 1. The normalized spacial score (nSPS) is 10.1. The van der Waals surface area contributed by atoms with Gasteiger partial charge in [-0.1, -0.05) is 48.0 Å². The summed E-state index contributed by atoms with van der Waals surface area (Å²) >= 11 is 6.14. The van der Waals surface area contributed by atoms with Gasteiger partial charge < -0.3 is 10.1 Å². The Morgan fingerprint density at radius 2 is 1.65 bits per heavy atom. The molecule has 0 radical (unpaired) electrons. The molecule has 3 N–H and O–H groups in total. The summed E-state index contributed by atoms with van der Waals surface area (Å²) in [6.45, 7) is -0.482. The van der Waals surface area contributed by atoms with Crippen molar-refractivity contribution < 1.29 is 24.0 Å². The highest BCUT2D eigenvalue weighted by molar-refractivity contribution is 6.31. The molecule has 0 saturated carbocycles. The average Bonchev–Trinajstić information content (AvgIpc) is 2.85. The molecule has 0 aliphatic rings. The van der Waals surface area contributed by atoms with Crippen molar-refractivity contribution in [3.63, 3.8) is 0 Å². The van der Waals surface area contributed by atoms with Gasteiger partial charge in [0, 0.05) is 35.0 Å². The van der Waals surface area contributed by atoms with Crippen molar-refractivity contribution >= 4 is 40.8 Å². The third kappa shape index (κ3) is 6.53. The molecular formula is C23H19ClN4O6. The lowest BCUT2D eigenvalue weighted by Crippen LogP contribution is -2.43. The first-order chi connectivity index (χ1) is 16.3. The van der Waals surface area contributed by atoms with E-state index in [9.17, 15) is 24.5 Å². The van der Waals surface area contributed by atoms with E-state index in [1.165, 1.54) is 12.1 Å². The SMILES string of the molecule is O=C(COC(=O)c1cc([N+](=O)[O-])ccc1NCc1ccccc1Cl)NNC(=O)c1ccccc1. The van der Waals surface area contributed by atoms with Crippen molar-refractivity contribution in [1.82, 2.24) is 10.9 Å². The van der Waals surface area contributed by atoms with Gasteiger partial charge in [0.05, 0.1) is 10.5 Å². The van der Waals surface area contributed by atoms with Gasteiger partial charge in [0.1, 0.15) is 0 Å². The Balaban J connectivity index is 1.63. The fourth-order valence-electron chi connectivity index (χ4n) is 2.83. The molecule has 10 nitrogen and oxygen atoms in total. The van der Waals surface area contributed by atoms with Gasteiger partial charge in [0.2, 0.25) is 0 Å². The first kappa shape index (κ1) is 24.2. The summed E-state index contributed by atoms with van der Waals surface area (Å²) in [6, 6.07) is 18.9. The predicted octanol–water partition coefficient (Wildman–Crippen LogP) is 3.48. The van der Waals surface area contributed by atoms with Gasteiger partial charge in [-0.15, -0.1) is 0 Å². The summed E-state index contributed by atoms with van der Waals surface area (Å²) in [7, 11) is 0. The summed E-state index contributed by atoms with van der Waals surface area (Å²) in [6.07, 6.45) is 0. The van der Waals surface area contributed by atoms with Crippen LogP contribution in [0.3, 0.4) is 0 Å². The van der Waals surface area contributed by atoms with E-state index in [1.54, 1.807) is 54.6 Å². The molecule has 2 amide bonds. The molecule has 0 aliphatic heterocycles. The molecule has 0 bridgehead atoms. The summed E-state index contributed by atoms with van der Waals surface area (Å²) < 4.78 is 4.99. The van der Waals surface area contributed by atoms with Gasteiger partial charge in [0.15, 0.2) is 6.61 Å². The van der Waals surface area contributed by atoms with E-state index in [-0.39, 0.29) is 23.5 Å². The Morgan fingerprint density at radius 1 is 0.941 bits per heavy atom. The van der Waals surface area contributed by atoms with E-state index in [1.807, 2.05) is 0 Å². The molecule has 3 aromatic carbocycles.